The highest BCUT2D eigenvalue weighted by molar-refractivity contribution is 5.11. The molecule has 1 aromatic carbocycles. The van der Waals surface area contributed by atoms with Crippen LogP contribution in [-0.4, -0.2) is 12.7 Å². The zero-order valence-corrected chi connectivity index (χ0v) is 16.8. The Bertz CT molecular complexity index is 388. The van der Waals surface area contributed by atoms with E-state index in [1.807, 2.05) is 25.3 Å². The normalized spacial score (nSPS) is 12.8. The third-order valence-electron chi connectivity index (χ3n) is 4.42. The summed E-state index contributed by atoms with van der Waals surface area (Å²) in [4.78, 5) is 0. The van der Waals surface area contributed by atoms with Gasteiger partial charge in [-0.15, -0.1) is 0 Å². The molecule has 0 bridgehead atoms. The summed E-state index contributed by atoms with van der Waals surface area (Å²) in [7, 11) is 1.85. The second-order valence-electron chi connectivity index (χ2n) is 9.29. The molecule has 0 heterocycles. The highest BCUT2D eigenvalue weighted by Gasteiger charge is 2.58. The summed E-state index contributed by atoms with van der Waals surface area (Å²) in [6.45, 7) is 22.5. The topological polar surface area (TPSA) is 9.23 Å². The van der Waals surface area contributed by atoms with Crippen LogP contribution in [0.2, 0.25) is 0 Å². The molecule has 136 valence electrons. The monoisotopic (exact) mass is 322 g/mol. The van der Waals surface area contributed by atoms with E-state index in [9.17, 15) is 0 Å². The third-order valence-corrected chi connectivity index (χ3v) is 4.42. The van der Waals surface area contributed by atoms with Crippen LogP contribution in [0, 0.1) is 23.2 Å². The summed E-state index contributed by atoms with van der Waals surface area (Å²) in [6.07, 6.45) is 0. The van der Waals surface area contributed by atoms with Gasteiger partial charge in [0.2, 0.25) is 0 Å². The highest BCUT2D eigenvalue weighted by Crippen LogP contribution is 2.56. The van der Waals surface area contributed by atoms with Gasteiger partial charge in [0.05, 0.1) is 5.60 Å². The highest BCUT2D eigenvalue weighted by atomic mass is 16.5. The van der Waals surface area contributed by atoms with Crippen LogP contribution in [-0.2, 0) is 4.74 Å². The van der Waals surface area contributed by atoms with Gasteiger partial charge in [0.15, 0.2) is 0 Å². The Morgan fingerprint density at radius 2 is 0.957 bits per heavy atom. The molecule has 0 saturated carbocycles. The molecule has 0 saturated heterocycles. The van der Waals surface area contributed by atoms with E-state index in [2.05, 4.69) is 81.4 Å². The first-order valence-corrected chi connectivity index (χ1v) is 8.27. The lowest BCUT2D eigenvalue weighted by molar-refractivity contribution is -0.222. The Balaban J connectivity index is 0. The van der Waals surface area contributed by atoms with Gasteiger partial charge in [-0.05, 0) is 23.2 Å². The molecule has 1 aromatic rings. The van der Waals surface area contributed by atoms with Crippen LogP contribution in [0.25, 0.3) is 0 Å². The fourth-order valence-corrected chi connectivity index (χ4v) is 4.83. The van der Waals surface area contributed by atoms with E-state index in [1.165, 1.54) is 5.56 Å². The Morgan fingerprint density at radius 1 is 0.652 bits per heavy atom. The lowest BCUT2D eigenvalue weighted by atomic mass is 9.52. The van der Waals surface area contributed by atoms with Crippen molar-refractivity contribution >= 4 is 0 Å². The average Bonchev–Trinajstić information content (AvgIpc) is 2.25. The van der Waals surface area contributed by atoms with Gasteiger partial charge >= 0.3 is 0 Å². The van der Waals surface area contributed by atoms with Gasteiger partial charge in [0.1, 0.15) is 0 Å². The van der Waals surface area contributed by atoms with Gasteiger partial charge in [-0.1, -0.05) is 106 Å². The van der Waals surface area contributed by atoms with Crippen molar-refractivity contribution in [3.8, 4) is 0 Å². The van der Waals surface area contributed by atoms with Gasteiger partial charge < -0.3 is 4.74 Å². The summed E-state index contributed by atoms with van der Waals surface area (Å²) in [5.41, 5.74) is 1.50. The van der Waals surface area contributed by atoms with Crippen LogP contribution in [0.1, 0.15) is 75.3 Å². The van der Waals surface area contributed by atoms with Crippen molar-refractivity contribution in [2.45, 2.75) is 82.3 Å². The van der Waals surface area contributed by atoms with E-state index in [4.69, 9.17) is 4.74 Å². The first kappa shape index (κ1) is 24.4. The van der Waals surface area contributed by atoms with Crippen molar-refractivity contribution in [3.05, 3.63) is 35.9 Å². The number of hydrogen-bond acceptors (Lipinski definition) is 1. The Kier molecular flexibility index (Phi) is 8.85. The second kappa shape index (κ2) is 8.33. The zero-order valence-electron chi connectivity index (χ0n) is 16.8. The van der Waals surface area contributed by atoms with E-state index in [1.54, 1.807) is 0 Å². The lowest BCUT2D eigenvalue weighted by Crippen LogP contribution is -2.62. The van der Waals surface area contributed by atoms with E-state index in [0.717, 1.165) is 0 Å². The number of methoxy groups -OCH3 is 1. The van der Waals surface area contributed by atoms with Gasteiger partial charge in [-0.3, -0.25) is 0 Å². The van der Waals surface area contributed by atoms with Gasteiger partial charge in [-0.25, -0.2) is 0 Å². The van der Waals surface area contributed by atoms with Crippen LogP contribution in [0.5, 0.6) is 0 Å². The van der Waals surface area contributed by atoms with Crippen LogP contribution in [0.15, 0.2) is 30.3 Å². The van der Waals surface area contributed by atoms with Crippen LogP contribution in [0.3, 0.4) is 0 Å². The molecule has 1 nitrogen and oxygen atoms in total. The van der Waals surface area contributed by atoms with Crippen LogP contribution >= 0.6 is 0 Å². The summed E-state index contributed by atoms with van der Waals surface area (Å²) < 4.78 is 6.03. The van der Waals surface area contributed by atoms with E-state index >= 15 is 0 Å². The number of ether oxygens (including phenoxy) is 1. The molecule has 0 aliphatic heterocycles. The molecule has 0 aromatic heterocycles. The number of aryl methyl sites for hydroxylation is 1. The Morgan fingerprint density at radius 3 is 1.04 bits per heavy atom. The zero-order chi connectivity index (χ0) is 17.8. The molecule has 0 atom stereocenters. The smallest absolute Gasteiger partial charge is 0.0822 e. The first-order chi connectivity index (χ1) is 9.70. The number of rotatable bonds is 1. The molecule has 0 amide bonds. The number of hydrogen-bond donors (Lipinski definition) is 0. The molecule has 0 radical (unpaired) electrons. The van der Waals surface area contributed by atoms with Crippen LogP contribution < -0.4 is 0 Å². The van der Waals surface area contributed by atoms with Crippen molar-refractivity contribution in [1.82, 2.24) is 0 Å². The lowest BCUT2D eigenvalue weighted by Gasteiger charge is -2.59. The van der Waals surface area contributed by atoms with Crippen molar-refractivity contribution in [2.75, 3.05) is 7.11 Å². The first-order valence-electron chi connectivity index (χ1n) is 8.27. The molecule has 0 fully saturated rings. The van der Waals surface area contributed by atoms with Crippen LogP contribution in [0.4, 0.5) is 0 Å². The molecular weight excluding hydrogens is 280 g/mol. The third kappa shape index (κ3) is 5.64. The van der Waals surface area contributed by atoms with Gasteiger partial charge in [-0.2, -0.15) is 0 Å². The minimum Gasteiger partial charge on any atom is -0.377 e. The average molecular weight is 323 g/mol. The summed E-state index contributed by atoms with van der Waals surface area (Å²) >= 11 is 0. The molecule has 1 rings (SSSR count). The van der Waals surface area contributed by atoms with Crippen molar-refractivity contribution in [2.24, 2.45) is 16.2 Å². The maximum Gasteiger partial charge on any atom is 0.0822 e. The van der Waals surface area contributed by atoms with E-state index < -0.39 is 0 Å². The summed E-state index contributed by atoms with van der Waals surface area (Å²) in [6, 6.07) is 10.3. The standard InChI is InChI=1S/C14H30O.C7H8.CH4/c1-11(2,3)14(15-10,12(4,5)6)13(7,8)9;1-7-5-3-2-4-6-7;/h1-10H3;2-6H,1H3;1H4. The molecule has 0 spiro atoms. The molecule has 23 heavy (non-hydrogen) atoms. The van der Waals surface area contributed by atoms with Gasteiger partial charge in [0, 0.05) is 7.11 Å². The number of benzene rings is 1. The molecule has 0 aliphatic carbocycles. The van der Waals surface area contributed by atoms with E-state index in [-0.39, 0.29) is 29.3 Å². The predicted octanol–water partition coefficient (Wildman–Crippen LogP) is 7.14. The van der Waals surface area contributed by atoms with E-state index in [0.29, 0.717) is 0 Å². The maximum absolute atomic E-state index is 6.03. The Labute approximate surface area is 146 Å². The molecule has 0 aliphatic rings. The molecule has 0 unspecified atom stereocenters. The molecule has 1 heteroatoms. The van der Waals surface area contributed by atoms with Crippen molar-refractivity contribution < 1.29 is 4.74 Å². The SMILES string of the molecule is C.COC(C(C)(C)C)(C(C)(C)C)C(C)(C)C.Cc1ccccc1. The quantitative estimate of drug-likeness (QED) is 0.534. The minimum absolute atomic E-state index is 0. The van der Waals surface area contributed by atoms with Crippen molar-refractivity contribution in [1.29, 1.82) is 0 Å². The predicted molar refractivity (Wildman–Crippen MR) is 106 cm³/mol. The second-order valence-corrected chi connectivity index (χ2v) is 9.29. The Hall–Kier alpha value is -0.820. The molecular formula is C22H42O. The van der Waals surface area contributed by atoms with Gasteiger partial charge in [0.25, 0.3) is 0 Å². The maximum atomic E-state index is 6.03. The summed E-state index contributed by atoms with van der Waals surface area (Å²) in [5.74, 6) is 0. The van der Waals surface area contributed by atoms with Crippen molar-refractivity contribution in [3.63, 3.8) is 0 Å². The fraction of sp³-hybridized carbons (Fsp3) is 0.727. The largest absolute Gasteiger partial charge is 0.377 e. The molecule has 0 N–H and O–H groups in total. The summed E-state index contributed by atoms with van der Waals surface area (Å²) in [5, 5.41) is 0. The minimum atomic E-state index is -0.146. The fourth-order valence-electron chi connectivity index (χ4n) is 4.83.